The van der Waals surface area contributed by atoms with Gasteiger partial charge in [-0.25, -0.2) is 0 Å². The molecule has 150 valence electrons. The predicted molar refractivity (Wildman–Crippen MR) is 122 cm³/mol. The molecule has 2 rings (SSSR count). The first-order valence-corrected chi connectivity index (χ1v) is 9.07. The fourth-order valence-corrected chi connectivity index (χ4v) is 3.00. The smallest absolute Gasteiger partial charge is 0.193 e. The molecule has 0 saturated carbocycles. The molecule has 0 fully saturated rings. The van der Waals surface area contributed by atoms with Crippen LogP contribution in [0.5, 0.6) is 5.75 Å². The SMILES string of the molecule is CCNC(=NCCc1c(C)nn(C)c1C)N(C)Cc1ccc(OC)cc1.I. The van der Waals surface area contributed by atoms with E-state index in [0.29, 0.717) is 0 Å². The zero-order chi connectivity index (χ0) is 19.1. The van der Waals surface area contributed by atoms with Gasteiger partial charge in [0.1, 0.15) is 5.75 Å². The number of guanidine groups is 1. The molecule has 1 N–H and O–H groups in total. The van der Waals surface area contributed by atoms with Gasteiger partial charge in [0, 0.05) is 39.4 Å². The largest absolute Gasteiger partial charge is 0.497 e. The summed E-state index contributed by atoms with van der Waals surface area (Å²) in [5.74, 6) is 1.79. The van der Waals surface area contributed by atoms with Crippen molar-refractivity contribution in [2.75, 3.05) is 27.2 Å². The average molecular weight is 485 g/mol. The number of halogens is 1. The van der Waals surface area contributed by atoms with Crippen LogP contribution in [0.25, 0.3) is 0 Å². The van der Waals surface area contributed by atoms with Crippen molar-refractivity contribution in [3.05, 3.63) is 46.8 Å². The van der Waals surface area contributed by atoms with Crippen LogP contribution < -0.4 is 10.1 Å². The molecule has 0 atom stereocenters. The van der Waals surface area contributed by atoms with Crippen molar-refractivity contribution >= 4 is 29.9 Å². The van der Waals surface area contributed by atoms with Crippen molar-refractivity contribution in [3.8, 4) is 5.75 Å². The molecule has 0 spiro atoms. The maximum atomic E-state index is 5.22. The Morgan fingerprint density at radius 3 is 2.44 bits per heavy atom. The zero-order valence-electron chi connectivity index (χ0n) is 17.2. The van der Waals surface area contributed by atoms with Crippen molar-refractivity contribution < 1.29 is 4.74 Å². The highest BCUT2D eigenvalue weighted by Gasteiger charge is 2.10. The highest BCUT2D eigenvalue weighted by molar-refractivity contribution is 14.0. The van der Waals surface area contributed by atoms with E-state index < -0.39 is 0 Å². The standard InChI is InChI=1S/C20H31N5O.HI/c1-7-21-20(22-13-12-19-15(2)23-25(5)16(19)3)24(4)14-17-8-10-18(26-6)11-9-17;/h8-11H,7,12-14H2,1-6H3,(H,21,22);1H. The Bertz CT molecular complexity index is 740. The van der Waals surface area contributed by atoms with Gasteiger partial charge in [-0.15, -0.1) is 24.0 Å². The minimum atomic E-state index is 0. The molecule has 0 radical (unpaired) electrons. The first kappa shape index (κ1) is 23.3. The molecule has 0 aliphatic heterocycles. The minimum absolute atomic E-state index is 0. The van der Waals surface area contributed by atoms with Crippen LogP contribution in [0, 0.1) is 13.8 Å². The summed E-state index contributed by atoms with van der Waals surface area (Å²) < 4.78 is 7.16. The number of nitrogens with one attached hydrogen (secondary N) is 1. The first-order chi connectivity index (χ1) is 12.5. The summed E-state index contributed by atoms with van der Waals surface area (Å²) in [6.45, 7) is 8.64. The summed E-state index contributed by atoms with van der Waals surface area (Å²) in [5, 5.41) is 7.86. The summed E-state index contributed by atoms with van der Waals surface area (Å²) in [7, 11) is 5.73. The van der Waals surface area contributed by atoms with Crippen LogP contribution in [0.2, 0.25) is 0 Å². The highest BCUT2D eigenvalue weighted by atomic mass is 127. The molecule has 0 unspecified atom stereocenters. The fourth-order valence-electron chi connectivity index (χ4n) is 3.00. The van der Waals surface area contributed by atoms with E-state index in [1.807, 2.05) is 23.9 Å². The summed E-state index contributed by atoms with van der Waals surface area (Å²) in [5.41, 5.74) is 4.83. The topological polar surface area (TPSA) is 54.7 Å². The van der Waals surface area contributed by atoms with Gasteiger partial charge < -0.3 is 15.0 Å². The van der Waals surface area contributed by atoms with Crippen LogP contribution in [-0.2, 0) is 20.0 Å². The van der Waals surface area contributed by atoms with E-state index in [9.17, 15) is 0 Å². The molecule has 1 aromatic carbocycles. The Kier molecular flexibility index (Phi) is 9.62. The molecule has 1 aromatic heterocycles. The van der Waals surface area contributed by atoms with Crippen molar-refractivity contribution in [3.63, 3.8) is 0 Å². The number of benzene rings is 1. The second kappa shape index (κ2) is 11.2. The molecule has 0 aliphatic rings. The van der Waals surface area contributed by atoms with E-state index in [1.165, 1.54) is 16.8 Å². The lowest BCUT2D eigenvalue weighted by molar-refractivity contribution is 0.414. The van der Waals surface area contributed by atoms with Crippen LogP contribution in [0.3, 0.4) is 0 Å². The van der Waals surface area contributed by atoms with Crippen LogP contribution in [0.4, 0.5) is 0 Å². The van der Waals surface area contributed by atoms with Crippen molar-refractivity contribution in [1.29, 1.82) is 0 Å². The van der Waals surface area contributed by atoms with Gasteiger partial charge in [0.2, 0.25) is 0 Å². The lowest BCUT2D eigenvalue weighted by Crippen LogP contribution is -2.38. The van der Waals surface area contributed by atoms with Gasteiger partial charge in [0.15, 0.2) is 5.96 Å². The number of rotatable bonds is 7. The third-order valence-electron chi connectivity index (χ3n) is 4.56. The molecular weight excluding hydrogens is 453 g/mol. The van der Waals surface area contributed by atoms with Gasteiger partial charge in [0.05, 0.1) is 12.8 Å². The molecule has 0 aliphatic carbocycles. The molecule has 0 saturated heterocycles. The van der Waals surface area contributed by atoms with Crippen molar-refractivity contribution in [2.45, 2.75) is 33.7 Å². The molecular formula is C20H32IN5O. The summed E-state index contributed by atoms with van der Waals surface area (Å²) in [4.78, 5) is 6.95. The van der Waals surface area contributed by atoms with Gasteiger partial charge in [-0.2, -0.15) is 5.10 Å². The fraction of sp³-hybridized carbons (Fsp3) is 0.500. The lowest BCUT2D eigenvalue weighted by Gasteiger charge is -2.22. The summed E-state index contributed by atoms with van der Waals surface area (Å²) >= 11 is 0. The molecule has 2 aromatic rings. The van der Waals surface area contributed by atoms with Crippen LogP contribution in [-0.4, -0.2) is 47.9 Å². The quantitative estimate of drug-likeness (QED) is 0.372. The zero-order valence-corrected chi connectivity index (χ0v) is 19.6. The van der Waals surface area contributed by atoms with E-state index in [0.717, 1.165) is 43.5 Å². The van der Waals surface area contributed by atoms with Crippen molar-refractivity contribution in [2.24, 2.45) is 12.0 Å². The maximum absolute atomic E-state index is 5.22. The highest BCUT2D eigenvalue weighted by Crippen LogP contribution is 2.14. The molecule has 0 amide bonds. The van der Waals surface area contributed by atoms with Gasteiger partial charge in [0.25, 0.3) is 0 Å². The van der Waals surface area contributed by atoms with E-state index in [4.69, 9.17) is 9.73 Å². The number of aryl methyl sites for hydroxylation is 2. The normalized spacial score (nSPS) is 11.1. The number of aliphatic imine (C=N–C) groups is 1. The molecule has 27 heavy (non-hydrogen) atoms. The van der Waals surface area contributed by atoms with Gasteiger partial charge >= 0.3 is 0 Å². The van der Waals surface area contributed by atoms with E-state index in [-0.39, 0.29) is 24.0 Å². The number of methoxy groups -OCH3 is 1. The first-order valence-electron chi connectivity index (χ1n) is 9.07. The lowest BCUT2D eigenvalue weighted by atomic mass is 10.1. The Hall–Kier alpha value is -1.77. The predicted octanol–water partition coefficient (Wildman–Crippen LogP) is 3.30. The second-order valence-corrected chi connectivity index (χ2v) is 6.46. The third-order valence-corrected chi connectivity index (χ3v) is 4.56. The van der Waals surface area contributed by atoms with Crippen LogP contribution >= 0.6 is 24.0 Å². The van der Waals surface area contributed by atoms with E-state index >= 15 is 0 Å². The second-order valence-electron chi connectivity index (χ2n) is 6.46. The number of aromatic nitrogens is 2. The number of hydrogen-bond acceptors (Lipinski definition) is 3. The minimum Gasteiger partial charge on any atom is -0.497 e. The van der Waals surface area contributed by atoms with Crippen LogP contribution in [0.15, 0.2) is 29.3 Å². The molecule has 0 bridgehead atoms. The van der Waals surface area contributed by atoms with Gasteiger partial charge in [-0.3, -0.25) is 9.67 Å². The number of hydrogen-bond donors (Lipinski definition) is 1. The monoisotopic (exact) mass is 485 g/mol. The molecule has 7 heteroatoms. The molecule has 1 heterocycles. The Labute approximate surface area is 180 Å². The molecule has 6 nitrogen and oxygen atoms in total. The van der Waals surface area contributed by atoms with E-state index in [1.54, 1.807) is 7.11 Å². The number of nitrogens with zero attached hydrogens (tertiary/aromatic N) is 4. The Morgan fingerprint density at radius 1 is 1.26 bits per heavy atom. The third kappa shape index (κ3) is 6.41. The van der Waals surface area contributed by atoms with Crippen LogP contribution in [0.1, 0.15) is 29.4 Å². The average Bonchev–Trinajstić information content (AvgIpc) is 2.87. The Morgan fingerprint density at radius 2 is 1.93 bits per heavy atom. The van der Waals surface area contributed by atoms with E-state index in [2.05, 4.69) is 55.3 Å². The van der Waals surface area contributed by atoms with Gasteiger partial charge in [-0.05, 0) is 50.5 Å². The van der Waals surface area contributed by atoms with Gasteiger partial charge in [-0.1, -0.05) is 12.1 Å². The number of ether oxygens (including phenoxy) is 1. The summed E-state index contributed by atoms with van der Waals surface area (Å²) in [6.07, 6.45) is 0.900. The maximum Gasteiger partial charge on any atom is 0.193 e. The summed E-state index contributed by atoms with van der Waals surface area (Å²) in [6, 6.07) is 8.14. The van der Waals surface area contributed by atoms with Crippen molar-refractivity contribution in [1.82, 2.24) is 20.0 Å². The Balaban J connectivity index is 0.00000364.